The second-order valence-corrected chi connectivity index (χ2v) is 6.25. The van der Waals surface area contributed by atoms with Crippen LogP contribution in [0.1, 0.15) is 5.56 Å². The Morgan fingerprint density at radius 3 is 1.80 bits per heavy atom. The standard InChI is InChI=1S/C10H16O3SSi/c1-11-15(12-2,13-3)10-6-4-9(8-14)5-7-10/h4-7,14H,8H2,1-3H3. The molecule has 0 spiro atoms. The van der Waals surface area contributed by atoms with Gasteiger partial charge in [-0.05, 0) is 5.56 Å². The van der Waals surface area contributed by atoms with Crippen LogP contribution in [0.15, 0.2) is 24.3 Å². The van der Waals surface area contributed by atoms with Gasteiger partial charge in [-0.2, -0.15) is 12.6 Å². The number of rotatable bonds is 5. The summed E-state index contributed by atoms with van der Waals surface area (Å²) in [4.78, 5) is 0. The highest BCUT2D eigenvalue weighted by Crippen LogP contribution is 2.09. The topological polar surface area (TPSA) is 27.7 Å². The summed E-state index contributed by atoms with van der Waals surface area (Å²) in [6, 6.07) is 7.94. The fourth-order valence-electron chi connectivity index (χ4n) is 1.42. The lowest BCUT2D eigenvalue weighted by molar-refractivity contribution is 0.140. The maximum atomic E-state index is 5.37. The van der Waals surface area contributed by atoms with E-state index in [1.165, 1.54) is 0 Å². The van der Waals surface area contributed by atoms with Gasteiger partial charge in [-0.3, -0.25) is 0 Å². The van der Waals surface area contributed by atoms with Gasteiger partial charge in [0.25, 0.3) is 0 Å². The minimum absolute atomic E-state index is 0.724. The first kappa shape index (κ1) is 12.7. The van der Waals surface area contributed by atoms with Crippen LogP contribution in [0.3, 0.4) is 0 Å². The molecule has 0 aliphatic heterocycles. The molecule has 5 heteroatoms. The minimum Gasteiger partial charge on any atom is -0.373 e. The minimum atomic E-state index is -2.65. The molecule has 0 saturated heterocycles. The summed E-state index contributed by atoms with van der Waals surface area (Å²) in [5.41, 5.74) is 1.16. The molecular formula is C10H16O3SSi. The summed E-state index contributed by atoms with van der Waals surface area (Å²) < 4.78 is 16.1. The van der Waals surface area contributed by atoms with Crippen molar-refractivity contribution >= 4 is 26.6 Å². The van der Waals surface area contributed by atoms with Crippen molar-refractivity contribution in [2.45, 2.75) is 5.75 Å². The molecule has 0 radical (unpaired) electrons. The molecule has 0 aliphatic carbocycles. The Labute approximate surface area is 97.1 Å². The Morgan fingerprint density at radius 2 is 1.47 bits per heavy atom. The van der Waals surface area contributed by atoms with Gasteiger partial charge >= 0.3 is 8.80 Å². The third-order valence-corrected chi connectivity index (χ3v) is 5.31. The van der Waals surface area contributed by atoms with E-state index >= 15 is 0 Å². The molecule has 0 heterocycles. The van der Waals surface area contributed by atoms with Gasteiger partial charge in [0, 0.05) is 32.3 Å². The van der Waals surface area contributed by atoms with Crippen molar-refractivity contribution in [3.05, 3.63) is 29.8 Å². The van der Waals surface area contributed by atoms with Gasteiger partial charge in [0.05, 0.1) is 0 Å². The zero-order chi connectivity index (χ0) is 11.3. The van der Waals surface area contributed by atoms with E-state index in [-0.39, 0.29) is 0 Å². The highest BCUT2D eigenvalue weighted by molar-refractivity contribution is 7.79. The molecule has 0 N–H and O–H groups in total. The van der Waals surface area contributed by atoms with Gasteiger partial charge < -0.3 is 13.3 Å². The number of benzene rings is 1. The summed E-state index contributed by atoms with van der Waals surface area (Å²) in [6.45, 7) is 0. The average molecular weight is 244 g/mol. The molecule has 0 atom stereocenters. The first-order chi connectivity index (χ1) is 7.22. The maximum Gasteiger partial charge on any atom is 0.536 e. The number of thiol groups is 1. The highest BCUT2D eigenvalue weighted by atomic mass is 32.1. The molecule has 1 aromatic rings. The molecule has 0 fully saturated rings. The number of hydrogen-bond acceptors (Lipinski definition) is 4. The van der Waals surface area contributed by atoms with Crippen molar-refractivity contribution in [3.63, 3.8) is 0 Å². The lowest BCUT2D eigenvalue weighted by Gasteiger charge is -2.24. The molecular weight excluding hydrogens is 228 g/mol. The van der Waals surface area contributed by atoms with Crippen molar-refractivity contribution in [1.82, 2.24) is 0 Å². The first-order valence-electron chi connectivity index (χ1n) is 4.58. The Hall–Kier alpha value is -0.333. The van der Waals surface area contributed by atoms with Crippen molar-refractivity contribution in [1.29, 1.82) is 0 Å². The predicted octanol–water partition coefficient (Wildman–Crippen LogP) is 1.20. The van der Waals surface area contributed by atoms with Crippen LogP contribution in [0.25, 0.3) is 0 Å². The first-order valence-corrected chi connectivity index (χ1v) is 6.94. The molecule has 1 aromatic carbocycles. The molecule has 0 aliphatic rings. The SMILES string of the molecule is CO[Si](OC)(OC)c1ccc(CS)cc1. The lowest BCUT2D eigenvalue weighted by atomic mass is 10.2. The quantitative estimate of drug-likeness (QED) is 0.623. The second kappa shape index (κ2) is 5.67. The Morgan fingerprint density at radius 1 is 1.00 bits per heavy atom. The summed E-state index contributed by atoms with van der Waals surface area (Å²) in [7, 11) is 2.15. The largest absolute Gasteiger partial charge is 0.536 e. The Bertz CT molecular complexity index is 290. The average Bonchev–Trinajstić information content (AvgIpc) is 2.33. The van der Waals surface area contributed by atoms with Gasteiger partial charge in [0.1, 0.15) is 0 Å². The Kier molecular flexibility index (Phi) is 4.81. The smallest absolute Gasteiger partial charge is 0.373 e. The van der Waals surface area contributed by atoms with Gasteiger partial charge in [-0.1, -0.05) is 24.3 Å². The predicted molar refractivity (Wildman–Crippen MR) is 65.5 cm³/mol. The van der Waals surface area contributed by atoms with E-state index in [9.17, 15) is 0 Å². The summed E-state index contributed by atoms with van der Waals surface area (Å²) in [5, 5.41) is 0.959. The zero-order valence-electron chi connectivity index (χ0n) is 9.19. The zero-order valence-corrected chi connectivity index (χ0v) is 11.1. The molecule has 0 saturated carbocycles. The van der Waals surface area contributed by atoms with E-state index in [1.807, 2.05) is 24.3 Å². The van der Waals surface area contributed by atoms with Crippen LogP contribution in [0.5, 0.6) is 0 Å². The van der Waals surface area contributed by atoms with Crippen LogP contribution >= 0.6 is 12.6 Å². The molecule has 84 valence electrons. The molecule has 15 heavy (non-hydrogen) atoms. The van der Waals surface area contributed by atoms with E-state index in [1.54, 1.807) is 21.3 Å². The van der Waals surface area contributed by atoms with E-state index in [4.69, 9.17) is 13.3 Å². The highest BCUT2D eigenvalue weighted by Gasteiger charge is 2.40. The normalized spacial score (nSPS) is 11.7. The van der Waals surface area contributed by atoms with Gasteiger partial charge in [-0.25, -0.2) is 0 Å². The monoisotopic (exact) mass is 244 g/mol. The number of hydrogen-bond donors (Lipinski definition) is 1. The van der Waals surface area contributed by atoms with Crippen LogP contribution in [-0.4, -0.2) is 30.1 Å². The molecule has 1 rings (SSSR count). The molecule has 0 aromatic heterocycles. The van der Waals surface area contributed by atoms with Crippen LogP contribution in [-0.2, 0) is 19.0 Å². The van der Waals surface area contributed by atoms with Gasteiger partial charge in [0.15, 0.2) is 0 Å². The molecule has 0 amide bonds. The summed E-state index contributed by atoms with van der Waals surface area (Å²) in [6.07, 6.45) is 0. The van der Waals surface area contributed by atoms with Gasteiger partial charge in [0.2, 0.25) is 0 Å². The molecule has 0 bridgehead atoms. The van der Waals surface area contributed by atoms with E-state index in [2.05, 4.69) is 12.6 Å². The van der Waals surface area contributed by atoms with Crippen LogP contribution in [0.2, 0.25) is 0 Å². The van der Waals surface area contributed by atoms with E-state index in [0.29, 0.717) is 0 Å². The molecule has 3 nitrogen and oxygen atoms in total. The van der Waals surface area contributed by atoms with Crippen molar-refractivity contribution in [3.8, 4) is 0 Å². The van der Waals surface area contributed by atoms with Crippen LogP contribution in [0, 0.1) is 0 Å². The van der Waals surface area contributed by atoms with E-state index < -0.39 is 8.80 Å². The lowest BCUT2D eigenvalue weighted by Crippen LogP contribution is -2.54. The van der Waals surface area contributed by atoms with Crippen molar-refractivity contribution in [2.24, 2.45) is 0 Å². The fraction of sp³-hybridized carbons (Fsp3) is 0.400. The second-order valence-electron chi connectivity index (χ2n) is 3.02. The van der Waals surface area contributed by atoms with Crippen LogP contribution < -0.4 is 5.19 Å². The van der Waals surface area contributed by atoms with Gasteiger partial charge in [-0.15, -0.1) is 0 Å². The van der Waals surface area contributed by atoms with Crippen LogP contribution in [0.4, 0.5) is 0 Å². The molecule has 0 unspecified atom stereocenters. The third kappa shape index (κ3) is 2.62. The van der Waals surface area contributed by atoms with E-state index in [0.717, 1.165) is 16.5 Å². The van der Waals surface area contributed by atoms with Crippen molar-refractivity contribution in [2.75, 3.05) is 21.3 Å². The fourth-order valence-corrected chi connectivity index (χ4v) is 3.41. The summed E-state index contributed by atoms with van der Waals surface area (Å²) >= 11 is 4.20. The Balaban J connectivity index is 3.01. The maximum absolute atomic E-state index is 5.37. The summed E-state index contributed by atoms with van der Waals surface area (Å²) in [5.74, 6) is 0.724. The van der Waals surface area contributed by atoms with Crippen molar-refractivity contribution < 1.29 is 13.3 Å². The third-order valence-electron chi connectivity index (χ3n) is 2.30.